The Bertz CT molecular complexity index is 420. The van der Waals surface area contributed by atoms with Crippen molar-refractivity contribution in [2.75, 3.05) is 25.1 Å². The fourth-order valence-electron chi connectivity index (χ4n) is 1.76. The molecule has 0 aromatic heterocycles. The van der Waals surface area contributed by atoms with Crippen molar-refractivity contribution in [1.29, 1.82) is 0 Å². The fourth-order valence-corrected chi connectivity index (χ4v) is 1.76. The molecule has 1 aliphatic rings. The summed E-state index contributed by atoms with van der Waals surface area (Å²) in [6.45, 7) is 1.19. The number of anilines is 1. The smallest absolute Gasteiger partial charge is 0.407 e. The van der Waals surface area contributed by atoms with Crippen LogP contribution in [-0.4, -0.2) is 26.4 Å². The zero-order valence-corrected chi connectivity index (χ0v) is 9.29. The summed E-state index contributed by atoms with van der Waals surface area (Å²) in [7, 11) is 1.87. The van der Waals surface area contributed by atoms with Gasteiger partial charge in [-0.2, -0.15) is 13.2 Å². The molecule has 0 unspecified atom stereocenters. The van der Waals surface area contributed by atoms with E-state index < -0.39 is 12.2 Å². The molecule has 1 aromatic carbocycles. The van der Waals surface area contributed by atoms with Crippen LogP contribution in [-0.2, 0) is 0 Å². The second-order valence-corrected chi connectivity index (χ2v) is 4.02. The summed E-state index contributed by atoms with van der Waals surface area (Å²) >= 11 is 0. The number of hydrogen-bond donors (Lipinski definition) is 1. The second kappa shape index (κ2) is 4.10. The van der Waals surface area contributed by atoms with Gasteiger partial charge in [-0.05, 0) is 17.7 Å². The number of nitrogens with two attached hydrogens (primary N) is 1. The number of halogens is 3. The zero-order valence-electron chi connectivity index (χ0n) is 9.29. The van der Waals surface area contributed by atoms with E-state index in [1.165, 1.54) is 12.1 Å². The van der Waals surface area contributed by atoms with Gasteiger partial charge in [-0.15, -0.1) is 0 Å². The minimum Gasteiger partial charge on any atom is -0.490 e. The first-order valence-electron chi connectivity index (χ1n) is 5.20. The first-order valence-corrected chi connectivity index (χ1v) is 5.20. The molecule has 0 radical (unpaired) electrons. The zero-order chi connectivity index (χ0) is 12.6. The van der Waals surface area contributed by atoms with Gasteiger partial charge in [0.25, 0.3) is 0 Å². The molecule has 0 aliphatic carbocycles. The van der Waals surface area contributed by atoms with E-state index in [2.05, 4.69) is 0 Å². The summed E-state index contributed by atoms with van der Waals surface area (Å²) in [6, 6.07) is 2.39. The van der Waals surface area contributed by atoms with E-state index in [1.54, 1.807) is 6.07 Å². The molecule has 0 amide bonds. The van der Waals surface area contributed by atoms with Gasteiger partial charge in [-0.3, -0.25) is 0 Å². The molecule has 94 valence electrons. The Balaban J connectivity index is 2.34. The van der Waals surface area contributed by atoms with Gasteiger partial charge < -0.3 is 15.4 Å². The molecule has 0 saturated heterocycles. The highest BCUT2D eigenvalue weighted by Gasteiger charge is 2.38. The van der Waals surface area contributed by atoms with Crippen molar-refractivity contribution in [2.24, 2.45) is 5.73 Å². The van der Waals surface area contributed by atoms with Crippen LogP contribution in [0, 0.1) is 0 Å². The van der Waals surface area contributed by atoms with Crippen LogP contribution in [0.1, 0.15) is 11.6 Å². The average molecular weight is 246 g/mol. The predicted molar refractivity (Wildman–Crippen MR) is 58.2 cm³/mol. The Hall–Kier alpha value is -1.43. The second-order valence-electron chi connectivity index (χ2n) is 4.02. The first kappa shape index (κ1) is 12.0. The van der Waals surface area contributed by atoms with Crippen LogP contribution in [0.15, 0.2) is 18.2 Å². The predicted octanol–water partition coefficient (Wildman–Crippen LogP) is 2.08. The van der Waals surface area contributed by atoms with Crippen LogP contribution in [0.3, 0.4) is 0 Å². The monoisotopic (exact) mass is 246 g/mol. The third-order valence-electron chi connectivity index (χ3n) is 2.79. The molecule has 1 aromatic rings. The molecule has 17 heavy (non-hydrogen) atoms. The minimum atomic E-state index is -4.44. The first-order chi connectivity index (χ1) is 7.89. The molecule has 0 saturated carbocycles. The standard InChI is InChI=1S/C11H13F3N2O/c1-16-4-5-17-9-6-7(2-3-8(9)16)10(15)11(12,13)14/h2-3,6,10H,4-5,15H2,1H3/t10-/m0/s1. The lowest BCUT2D eigenvalue weighted by molar-refractivity contribution is -0.149. The van der Waals surface area contributed by atoms with Crippen molar-refractivity contribution in [3.05, 3.63) is 23.8 Å². The Morgan fingerprint density at radius 3 is 2.76 bits per heavy atom. The van der Waals surface area contributed by atoms with Crippen molar-refractivity contribution in [1.82, 2.24) is 0 Å². The number of alkyl halides is 3. The molecule has 2 rings (SSSR count). The van der Waals surface area contributed by atoms with Crippen LogP contribution < -0.4 is 15.4 Å². The lowest BCUT2D eigenvalue weighted by Gasteiger charge is -2.28. The molecular weight excluding hydrogens is 233 g/mol. The van der Waals surface area contributed by atoms with Gasteiger partial charge in [0.2, 0.25) is 0 Å². The third-order valence-corrected chi connectivity index (χ3v) is 2.79. The van der Waals surface area contributed by atoms with Crippen LogP contribution in [0.2, 0.25) is 0 Å². The van der Waals surface area contributed by atoms with E-state index in [1.807, 2.05) is 11.9 Å². The normalized spacial score (nSPS) is 17.4. The maximum atomic E-state index is 12.5. The number of likely N-dealkylation sites (N-methyl/N-ethyl adjacent to an activating group) is 1. The number of nitrogens with zero attached hydrogens (tertiary/aromatic N) is 1. The van der Waals surface area contributed by atoms with E-state index in [0.29, 0.717) is 12.4 Å². The van der Waals surface area contributed by atoms with Crippen molar-refractivity contribution < 1.29 is 17.9 Å². The molecule has 0 bridgehead atoms. The van der Waals surface area contributed by atoms with Crippen molar-refractivity contribution >= 4 is 5.69 Å². The SMILES string of the molecule is CN1CCOc2cc([C@H](N)C(F)(F)F)ccc21. The maximum Gasteiger partial charge on any atom is 0.407 e. The number of hydrogen-bond acceptors (Lipinski definition) is 3. The van der Waals surface area contributed by atoms with Gasteiger partial charge in [0, 0.05) is 7.05 Å². The van der Waals surface area contributed by atoms with Gasteiger partial charge in [0.1, 0.15) is 18.4 Å². The summed E-state index contributed by atoms with van der Waals surface area (Å²) in [4.78, 5) is 1.93. The molecule has 0 spiro atoms. The third kappa shape index (κ3) is 2.31. The molecule has 1 aliphatic heterocycles. The van der Waals surface area contributed by atoms with Gasteiger partial charge in [-0.1, -0.05) is 6.07 Å². The van der Waals surface area contributed by atoms with Crippen LogP contribution >= 0.6 is 0 Å². The lowest BCUT2D eigenvalue weighted by Crippen LogP contribution is -2.30. The molecule has 2 N–H and O–H groups in total. The molecule has 3 nitrogen and oxygen atoms in total. The highest BCUT2D eigenvalue weighted by atomic mass is 19.4. The topological polar surface area (TPSA) is 38.5 Å². The van der Waals surface area contributed by atoms with E-state index in [-0.39, 0.29) is 5.56 Å². The number of ether oxygens (including phenoxy) is 1. The Morgan fingerprint density at radius 2 is 2.12 bits per heavy atom. The van der Waals surface area contributed by atoms with E-state index in [4.69, 9.17) is 10.5 Å². The molecule has 1 atom stereocenters. The number of rotatable bonds is 1. The van der Waals surface area contributed by atoms with Gasteiger partial charge >= 0.3 is 6.18 Å². The summed E-state index contributed by atoms with van der Waals surface area (Å²) in [5.74, 6) is 0.455. The average Bonchev–Trinajstić information content (AvgIpc) is 2.26. The summed E-state index contributed by atoms with van der Waals surface area (Å²) in [6.07, 6.45) is -4.44. The minimum absolute atomic E-state index is 0.0200. The number of fused-ring (bicyclic) bond motifs is 1. The molecular formula is C11H13F3N2O. The quantitative estimate of drug-likeness (QED) is 0.824. The Kier molecular flexibility index (Phi) is 2.91. The van der Waals surface area contributed by atoms with E-state index >= 15 is 0 Å². The van der Waals surface area contributed by atoms with Crippen molar-refractivity contribution in [3.8, 4) is 5.75 Å². The maximum absolute atomic E-state index is 12.5. The van der Waals surface area contributed by atoms with Crippen LogP contribution in [0.4, 0.5) is 18.9 Å². The summed E-state index contributed by atoms with van der Waals surface area (Å²) in [5.41, 5.74) is 5.95. The molecule has 1 heterocycles. The van der Waals surface area contributed by atoms with Gasteiger partial charge in [-0.25, -0.2) is 0 Å². The lowest BCUT2D eigenvalue weighted by atomic mass is 10.1. The van der Waals surface area contributed by atoms with Gasteiger partial charge in [0.15, 0.2) is 0 Å². The van der Waals surface area contributed by atoms with E-state index in [0.717, 1.165) is 12.2 Å². The Labute approximate surface area is 97.0 Å². The van der Waals surface area contributed by atoms with Gasteiger partial charge in [0.05, 0.1) is 12.2 Å². The summed E-state index contributed by atoms with van der Waals surface area (Å²) in [5, 5.41) is 0. The fraction of sp³-hybridized carbons (Fsp3) is 0.455. The van der Waals surface area contributed by atoms with Crippen LogP contribution in [0.25, 0.3) is 0 Å². The van der Waals surface area contributed by atoms with E-state index in [9.17, 15) is 13.2 Å². The van der Waals surface area contributed by atoms with Crippen LogP contribution in [0.5, 0.6) is 5.75 Å². The highest BCUT2D eigenvalue weighted by Crippen LogP contribution is 2.36. The number of benzene rings is 1. The Morgan fingerprint density at radius 1 is 1.41 bits per heavy atom. The largest absolute Gasteiger partial charge is 0.490 e. The van der Waals surface area contributed by atoms with Crippen molar-refractivity contribution in [2.45, 2.75) is 12.2 Å². The summed E-state index contributed by atoms with van der Waals surface area (Å²) < 4.78 is 42.7. The van der Waals surface area contributed by atoms with Crippen molar-refractivity contribution in [3.63, 3.8) is 0 Å². The molecule has 0 fully saturated rings. The molecule has 6 heteroatoms. The highest BCUT2D eigenvalue weighted by molar-refractivity contribution is 5.60.